The number of benzene rings is 1. The predicted molar refractivity (Wildman–Crippen MR) is 98.7 cm³/mol. The first-order valence-corrected chi connectivity index (χ1v) is 8.82. The van der Waals surface area contributed by atoms with Crippen LogP contribution in [-0.2, 0) is 14.3 Å². The minimum atomic E-state index is -0.287. The second kappa shape index (κ2) is 8.84. The second-order valence-electron chi connectivity index (χ2n) is 5.02. The lowest BCUT2D eigenvalue weighted by Gasteiger charge is -2.13. The van der Waals surface area contributed by atoms with E-state index < -0.39 is 0 Å². The highest BCUT2D eigenvalue weighted by Gasteiger charge is 2.31. The number of thioether (sulfide) groups is 1. The standard InChI is InChI=1S/C17H19NO4S2/c1-3-22-13-8-6-12(7-9-13)11-14-16(20)18(17(23)24-14)10-4-5-15(19)21-2/h6-9,11H,3-5,10H2,1-2H3/b14-11-. The first-order valence-electron chi connectivity index (χ1n) is 7.60. The molecule has 1 heterocycles. The third-order valence-electron chi connectivity index (χ3n) is 3.35. The van der Waals surface area contributed by atoms with Gasteiger partial charge in [0.25, 0.3) is 5.91 Å². The van der Waals surface area contributed by atoms with Gasteiger partial charge in [-0.15, -0.1) is 0 Å². The van der Waals surface area contributed by atoms with Crippen molar-refractivity contribution in [2.24, 2.45) is 0 Å². The van der Waals surface area contributed by atoms with Crippen LogP contribution in [0.2, 0.25) is 0 Å². The fourth-order valence-electron chi connectivity index (χ4n) is 2.15. The summed E-state index contributed by atoms with van der Waals surface area (Å²) < 4.78 is 10.5. The molecule has 0 radical (unpaired) electrons. The lowest BCUT2D eigenvalue weighted by molar-refractivity contribution is -0.141. The Bertz CT molecular complexity index is 655. The Morgan fingerprint density at radius 2 is 2.04 bits per heavy atom. The van der Waals surface area contributed by atoms with Crippen LogP contribution in [0.5, 0.6) is 5.75 Å². The summed E-state index contributed by atoms with van der Waals surface area (Å²) >= 11 is 6.54. The molecule has 0 spiro atoms. The monoisotopic (exact) mass is 365 g/mol. The van der Waals surface area contributed by atoms with Gasteiger partial charge in [0.15, 0.2) is 0 Å². The van der Waals surface area contributed by atoms with Gasteiger partial charge in [0.1, 0.15) is 10.1 Å². The number of carbonyl (C=O) groups is 2. The average Bonchev–Trinajstić information content (AvgIpc) is 2.84. The molecule has 0 aromatic heterocycles. The van der Waals surface area contributed by atoms with Gasteiger partial charge in [-0.25, -0.2) is 0 Å². The van der Waals surface area contributed by atoms with Gasteiger partial charge in [-0.05, 0) is 37.1 Å². The van der Waals surface area contributed by atoms with Crippen LogP contribution in [0, 0.1) is 0 Å². The molecule has 1 aromatic carbocycles. The summed E-state index contributed by atoms with van der Waals surface area (Å²) in [6.45, 7) is 2.96. The number of ether oxygens (including phenoxy) is 2. The van der Waals surface area contributed by atoms with Crippen molar-refractivity contribution < 1.29 is 19.1 Å². The van der Waals surface area contributed by atoms with Crippen LogP contribution in [-0.4, -0.2) is 41.4 Å². The molecule has 1 aliphatic heterocycles. The Hall–Kier alpha value is -1.86. The number of hydrogen-bond acceptors (Lipinski definition) is 6. The molecule has 7 heteroatoms. The minimum Gasteiger partial charge on any atom is -0.494 e. The van der Waals surface area contributed by atoms with Crippen LogP contribution in [0.4, 0.5) is 0 Å². The summed E-state index contributed by atoms with van der Waals surface area (Å²) in [6, 6.07) is 7.53. The van der Waals surface area contributed by atoms with E-state index in [-0.39, 0.29) is 18.3 Å². The van der Waals surface area contributed by atoms with Crippen molar-refractivity contribution in [1.29, 1.82) is 0 Å². The summed E-state index contributed by atoms with van der Waals surface area (Å²) in [5, 5.41) is 0. The van der Waals surface area contributed by atoms with Crippen molar-refractivity contribution in [2.75, 3.05) is 20.3 Å². The van der Waals surface area contributed by atoms with Crippen molar-refractivity contribution in [3.05, 3.63) is 34.7 Å². The molecular weight excluding hydrogens is 346 g/mol. The zero-order chi connectivity index (χ0) is 17.5. The van der Waals surface area contributed by atoms with E-state index in [1.807, 2.05) is 37.3 Å². The molecule has 1 fully saturated rings. The van der Waals surface area contributed by atoms with Crippen molar-refractivity contribution >= 4 is 46.3 Å². The fourth-order valence-corrected chi connectivity index (χ4v) is 3.46. The Morgan fingerprint density at radius 1 is 1.33 bits per heavy atom. The third-order valence-corrected chi connectivity index (χ3v) is 4.73. The Morgan fingerprint density at radius 3 is 2.67 bits per heavy atom. The fraction of sp³-hybridized carbons (Fsp3) is 0.353. The van der Waals surface area contributed by atoms with Gasteiger partial charge < -0.3 is 9.47 Å². The minimum absolute atomic E-state index is 0.122. The van der Waals surface area contributed by atoms with Crippen LogP contribution in [0.3, 0.4) is 0 Å². The summed E-state index contributed by atoms with van der Waals surface area (Å²) in [5.41, 5.74) is 0.911. The van der Waals surface area contributed by atoms with Gasteiger partial charge >= 0.3 is 5.97 Å². The van der Waals surface area contributed by atoms with Crippen LogP contribution < -0.4 is 4.74 Å². The van der Waals surface area contributed by atoms with E-state index in [0.717, 1.165) is 11.3 Å². The zero-order valence-electron chi connectivity index (χ0n) is 13.6. The van der Waals surface area contributed by atoms with Gasteiger partial charge in [-0.1, -0.05) is 36.1 Å². The molecule has 2 rings (SSSR count). The molecule has 0 N–H and O–H groups in total. The quantitative estimate of drug-likeness (QED) is 0.420. The lowest BCUT2D eigenvalue weighted by Crippen LogP contribution is -2.29. The van der Waals surface area contributed by atoms with Crippen LogP contribution in [0.1, 0.15) is 25.3 Å². The molecule has 0 saturated carbocycles. The van der Waals surface area contributed by atoms with Crippen molar-refractivity contribution in [3.8, 4) is 5.75 Å². The van der Waals surface area contributed by atoms with E-state index >= 15 is 0 Å². The maximum absolute atomic E-state index is 12.4. The molecule has 1 aromatic rings. The normalized spacial score (nSPS) is 15.9. The molecule has 1 aliphatic rings. The number of methoxy groups -OCH3 is 1. The smallest absolute Gasteiger partial charge is 0.305 e. The molecule has 5 nitrogen and oxygen atoms in total. The van der Waals surface area contributed by atoms with Gasteiger partial charge in [0.2, 0.25) is 0 Å². The highest BCUT2D eigenvalue weighted by Crippen LogP contribution is 2.32. The highest BCUT2D eigenvalue weighted by atomic mass is 32.2. The van der Waals surface area contributed by atoms with Gasteiger partial charge in [0, 0.05) is 13.0 Å². The summed E-state index contributed by atoms with van der Waals surface area (Å²) in [6.07, 6.45) is 2.61. The first kappa shape index (κ1) is 18.5. The topological polar surface area (TPSA) is 55.8 Å². The van der Waals surface area contributed by atoms with Crippen LogP contribution in [0.25, 0.3) is 6.08 Å². The Kier molecular flexibility index (Phi) is 6.81. The number of rotatable bonds is 7. The number of thiocarbonyl (C=S) groups is 1. The summed E-state index contributed by atoms with van der Waals surface area (Å²) in [5.74, 6) is 0.388. The van der Waals surface area contributed by atoms with Gasteiger partial charge in [-0.2, -0.15) is 0 Å². The average molecular weight is 365 g/mol. The zero-order valence-corrected chi connectivity index (χ0v) is 15.2. The summed E-state index contributed by atoms with van der Waals surface area (Å²) in [7, 11) is 1.35. The molecule has 0 unspecified atom stereocenters. The number of amides is 1. The molecule has 128 valence electrons. The van der Waals surface area contributed by atoms with E-state index in [4.69, 9.17) is 17.0 Å². The molecule has 1 amide bonds. The van der Waals surface area contributed by atoms with E-state index in [0.29, 0.717) is 28.8 Å². The van der Waals surface area contributed by atoms with E-state index in [2.05, 4.69) is 4.74 Å². The molecular formula is C17H19NO4S2. The first-order chi connectivity index (χ1) is 11.5. The SMILES string of the molecule is CCOc1ccc(/C=C2\SC(=S)N(CCCC(=O)OC)C2=O)cc1. The molecule has 24 heavy (non-hydrogen) atoms. The molecule has 1 saturated heterocycles. The number of carbonyl (C=O) groups excluding carboxylic acids is 2. The maximum Gasteiger partial charge on any atom is 0.305 e. The second-order valence-corrected chi connectivity index (χ2v) is 6.69. The van der Waals surface area contributed by atoms with Crippen molar-refractivity contribution in [2.45, 2.75) is 19.8 Å². The summed E-state index contributed by atoms with van der Waals surface area (Å²) in [4.78, 5) is 25.7. The Labute approximate surface area is 151 Å². The highest BCUT2D eigenvalue weighted by molar-refractivity contribution is 8.26. The Balaban J connectivity index is 2.00. The van der Waals surface area contributed by atoms with Crippen molar-refractivity contribution in [1.82, 2.24) is 4.90 Å². The van der Waals surface area contributed by atoms with Crippen molar-refractivity contribution in [3.63, 3.8) is 0 Å². The molecule has 0 atom stereocenters. The van der Waals surface area contributed by atoms with E-state index in [9.17, 15) is 9.59 Å². The van der Waals surface area contributed by atoms with E-state index in [1.54, 1.807) is 0 Å². The lowest BCUT2D eigenvalue weighted by atomic mass is 10.2. The number of esters is 1. The molecule has 0 aliphatic carbocycles. The van der Waals surface area contributed by atoms with Crippen LogP contribution >= 0.6 is 24.0 Å². The van der Waals surface area contributed by atoms with E-state index in [1.165, 1.54) is 23.8 Å². The predicted octanol–water partition coefficient (Wildman–Crippen LogP) is 3.24. The van der Waals surface area contributed by atoms with Crippen LogP contribution in [0.15, 0.2) is 29.2 Å². The third kappa shape index (κ3) is 4.82. The van der Waals surface area contributed by atoms with Gasteiger partial charge in [0.05, 0.1) is 18.6 Å². The number of nitrogens with zero attached hydrogens (tertiary/aromatic N) is 1. The van der Waals surface area contributed by atoms with Gasteiger partial charge in [-0.3, -0.25) is 14.5 Å². The number of hydrogen-bond donors (Lipinski definition) is 0. The molecule has 0 bridgehead atoms. The largest absolute Gasteiger partial charge is 0.494 e. The maximum atomic E-state index is 12.4.